The predicted molar refractivity (Wildman–Crippen MR) is 99.0 cm³/mol. The van der Waals surface area contributed by atoms with E-state index in [-0.39, 0.29) is 17.5 Å². The molecule has 2 aromatic rings. The van der Waals surface area contributed by atoms with Gasteiger partial charge in [0.1, 0.15) is 5.70 Å². The van der Waals surface area contributed by atoms with Crippen molar-refractivity contribution in [3.63, 3.8) is 0 Å². The highest BCUT2D eigenvalue weighted by molar-refractivity contribution is 9.10. The molecular weight excluding hydrogens is 368 g/mol. The summed E-state index contributed by atoms with van der Waals surface area (Å²) < 4.78 is 0.846. The summed E-state index contributed by atoms with van der Waals surface area (Å²) >= 11 is 3.43. The van der Waals surface area contributed by atoms with Crippen LogP contribution in [0.2, 0.25) is 0 Å². The summed E-state index contributed by atoms with van der Waals surface area (Å²) in [6.45, 7) is 3.78. The van der Waals surface area contributed by atoms with Crippen molar-refractivity contribution in [2.75, 3.05) is 0 Å². The summed E-state index contributed by atoms with van der Waals surface area (Å²) in [6, 6.07) is 15.4. The van der Waals surface area contributed by atoms with Gasteiger partial charge in [-0.3, -0.25) is 9.59 Å². The van der Waals surface area contributed by atoms with Crippen molar-refractivity contribution < 1.29 is 9.59 Å². The average molecular weight is 387 g/mol. The zero-order valence-corrected chi connectivity index (χ0v) is 15.2. The number of benzene rings is 2. The van der Waals surface area contributed by atoms with E-state index in [1.165, 1.54) is 6.92 Å². The fourth-order valence-corrected chi connectivity index (χ4v) is 2.48. The van der Waals surface area contributed by atoms with Crippen LogP contribution >= 0.6 is 15.9 Å². The minimum Gasteiger partial charge on any atom is -0.347 e. The lowest BCUT2D eigenvalue weighted by atomic mass is 10.1. The Morgan fingerprint density at radius 3 is 2.38 bits per heavy atom. The maximum atomic E-state index is 12.4. The smallest absolute Gasteiger partial charge is 0.268 e. The van der Waals surface area contributed by atoms with Crippen molar-refractivity contribution in [3.05, 3.63) is 75.4 Å². The second-order valence-corrected chi connectivity index (χ2v) is 6.28. The first-order valence-corrected chi connectivity index (χ1v) is 8.32. The van der Waals surface area contributed by atoms with Crippen LogP contribution in [0.1, 0.15) is 23.6 Å². The van der Waals surface area contributed by atoms with Crippen molar-refractivity contribution in [1.29, 1.82) is 0 Å². The molecule has 24 heavy (non-hydrogen) atoms. The van der Waals surface area contributed by atoms with Gasteiger partial charge in [0.25, 0.3) is 5.91 Å². The number of halogens is 1. The minimum absolute atomic E-state index is 0.210. The van der Waals surface area contributed by atoms with Gasteiger partial charge >= 0.3 is 0 Å². The van der Waals surface area contributed by atoms with Crippen LogP contribution in [0.3, 0.4) is 0 Å². The minimum atomic E-state index is -0.332. The molecule has 4 nitrogen and oxygen atoms in total. The van der Waals surface area contributed by atoms with Gasteiger partial charge in [0, 0.05) is 17.9 Å². The second kappa shape index (κ2) is 8.45. The molecule has 0 aliphatic rings. The van der Waals surface area contributed by atoms with Crippen molar-refractivity contribution >= 4 is 33.8 Å². The molecule has 5 heteroatoms. The summed E-state index contributed by atoms with van der Waals surface area (Å²) in [6.07, 6.45) is 1.65. The quantitative estimate of drug-likeness (QED) is 0.771. The van der Waals surface area contributed by atoms with Gasteiger partial charge in [-0.2, -0.15) is 0 Å². The monoisotopic (exact) mass is 386 g/mol. The highest BCUT2D eigenvalue weighted by atomic mass is 79.9. The lowest BCUT2D eigenvalue weighted by Gasteiger charge is -2.10. The Kier molecular flexibility index (Phi) is 6.32. The predicted octanol–water partition coefficient (Wildman–Crippen LogP) is 3.55. The number of aryl methyl sites for hydroxylation is 1. The van der Waals surface area contributed by atoms with E-state index in [0.29, 0.717) is 6.54 Å². The SMILES string of the molecule is CC(=O)NC(=Cc1ccccc1Br)C(=O)NCc1ccc(C)cc1. The highest BCUT2D eigenvalue weighted by Crippen LogP contribution is 2.18. The number of amides is 2. The third-order valence-corrected chi connectivity index (χ3v) is 4.06. The molecule has 0 aliphatic heterocycles. The van der Waals surface area contributed by atoms with E-state index < -0.39 is 0 Å². The van der Waals surface area contributed by atoms with Crippen LogP contribution in [0, 0.1) is 6.92 Å². The molecule has 0 aliphatic carbocycles. The van der Waals surface area contributed by atoms with Gasteiger partial charge in [0.2, 0.25) is 5.91 Å². The topological polar surface area (TPSA) is 58.2 Å². The first-order chi connectivity index (χ1) is 11.5. The summed E-state index contributed by atoms with van der Waals surface area (Å²) in [5.41, 5.74) is 3.18. The Hall–Kier alpha value is -2.40. The van der Waals surface area contributed by atoms with E-state index in [1.54, 1.807) is 6.08 Å². The molecule has 0 atom stereocenters. The molecule has 2 rings (SSSR count). The normalized spacial score (nSPS) is 11.0. The molecule has 0 fully saturated rings. The average Bonchev–Trinajstić information content (AvgIpc) is 2.55. The fourth-order valence-electron chi connectivity index (χ4n) is 2.08. The Morgan fingerprint density at radius 1 is 1.08 bits per heavy atom. The number of carbonyl (C=O) groups is 2. The zero-order chi connectivity index (χ0) is 17.5. The van der Waals surface area contributed by atoms with Gasteiger partial charge in [-0.05, 0) is 30.2 Å². The summed E-state index contributed by atoms with van der Waals surface area (Å²) in [4.78, 5) is 23.8. The zero-order valence-electron chi connectivity index (χ0n) is 13.6. The van der Waals surface area contributed by atoms with Crippen LogP contribution in [-0.2, 0) is 16.1 Å². The molecule has 0 heterocycles. The van der Waals surface area contributed by atoms with E-state index in [2.05, 4.69) is 26.6 Å². The van der Waals surface area contributed by atoms with Crippen LogP contribution in [0.4, 0.5) is 0 Å². The lowest BCUT2D eigenvalue weighted by Crippen LogP contribution is -2.33. The van der Waals surface area contributed by atoms with E-state index in [9.17, 15) is 9.59 Å². The molecule has 0 spiro atoms. The maximum Gasteiger partial charge on any atom is 0.268 e. The van der Waals surface area contributed by atoms with Gasteiger partial charge in [-0.1, -0.05) is 64.0 Å². The van der Waals surface area contributed by atoms with Crippen LogP contribution in [0.5, 0.6) is 0 Å². The van der Waals surface area contributed by atoms with Crippen LogP contribution < -0.4 is 10.6 Å². The number of rotatable bonds is 5. The van der Waals surface area contributed by atoms with Crippen molar-refractivity contribution in [1.82, 2.24) is 10.6 Å². The molecule has 0 radical (unpaired) electrons. The second-order valence-electron chi connectivity index (χ2n) is 5.43. The summed E-state index contributed by atoms with van der Waals surface area (Å²) in [5, 5.41) is 5.42. The fraction of sp³-hybridized carbons (Fsp3) is 0.158. The Bertz CT molecular complexity index is 767. The van der Waals surface area contributed by atoms with Crippen molar-refractivity contribution in [2.45, 2.75) is 20.4 Å². The Balaban J connectivity index is 2.14. The molecule has 0 aromatic heterocycles. The van der Waals surface area contributed by atoms with Gasteiger partial charge in [-0.15, -0.1) is 0 Å². The molecule has 124 valence electrons. The lowest BCUT2D eigenvalue weighted by molar-refractivity contribution is -0.122. The molecule has 2 amide bonds. The van der Waals surface area contributed by atoms with Crippen molar-refractivity contribution in [3.8, 4) is 0 Å². The molecule has 0 unspecified atom stereocenters. The van der Waals surface area contributed by atoms with Gasteiger partial charge < -0.3 is 10.6 Å². The summed E-state index contributed by atoms with van der Waals surface area (Å²) in [5.74, 6) is -0.625. The number of carbonyl (C=O) groups excluding carboxylic acids is 2. The van der Waals surface area contributed by atoms with Crippen LogP contribution in [0.15, 0.2) is 58.7 Å². The molecule has 2 N–H and O–H groups in total. The third kappa shape index (κ3) is 5.35. The van der Waals surface area contributed by atoms with Crippen LogP contribution in [0.25, 0.3) is 6.08 Å². The summed E-state index contributed by atoms with van der Waals surface area (Å²) in [7, 11) is 0. The molecule has 0 bridgehead atoms. The van der Waals surface area contributed by atoms with E-state index >= 15 is 0 Å². The first-order valence-electron chi connectivity index (χ1n) is 7.53. The van der Waals surface area contributed by atoms with E-state index in [4.69, 9.17) is 0 Å². The Morgan fingerprint density at radius 2 is 1.75 bits per heavy atom. The third-order valence-electron chi connectivity index (χ3n) is 3.33. The van der Waals surface area contributed by atoms with Crippen molar-refractivity contribution in [2.24, 2.45) is 0 Å². The van der Waals surface area contributed by atoms with E-state index in [1.807, 2.05) is 55.5 Å². The van der Waals surface area contributed by atoms with Gasteiger partial charge in [0.05, 0.1) is 0 Å². The largest absolute Gasteiger partial charge is 0.347 e. The first kappa shape index (κ1) is 17.9. The van der Waals surface area contributed by atoms with Gasteiger partial charge in [0.15, 0.2) is 0 Å². The maximum absolute atomic E-state index is 12.4. The Labute approximate surface area is 150 Å². The molecular formula is C19H19BrN2O2. The molecule has 2 aromatic carbocycles. The molecule has 0 saturated carbocycles. The van der Waals surface area contributed by atoms with Crippen LogP contribution in [-0.4, -0.2) is 11.8 Å². The molecule has 0 saturated heterocycles. The van der Waals surface area contributed by atoms with E-state index in [0.717, 1.165) is 21.2 Å². The standard InChI is InChI=1S/C19H19BrN2O2/c1-13-7-9-15(10-8-13)12-21-19(24)18(22-14(2)23)11-16-5-3-4-6-17(16)20/h3-11H,12H2,1-2H3,(H,21,24)(H,22,23). The highest BCUT2D eigenvalue weighted by Gasteiger charge is 2.11. The van der Waals surface area contributed by atoms with Gasteiger partial charge in [-0.25, -0.2) is 0 Å². The number of hydrogen-bond donors (Lipinski definition) is 2. The number of hydrogen-bond acceptors (Lipinski definition) is 2. The number of nitrogens with one attached hydrogen (secondary N) is 2.